The van der Waals surface area contributed by atoms with Crippen molar-refractivity contribution in [3.8, 4) is 5.75 Å². The molecule has 24 heavy (non-hydrogen) atoms. The molecule has 1 fully saturated rings. The van der Waals surface area contributed by atoms with E-state index < -0.39 is 10.0 Å². The first-order chi connectivity index (χ1) is 11.3. The van der Waals surface area contributed by atoms with Gasteiger partial charge < -0.3 is 14.5 Å². The molecule has 9 heteroatoms. The number of hydrogen-bond donors (Lipinski definition) is 0. The van der Waals surface area contributed by atoms with Gasteiger partial charge in [0.15, 0.2) is 0 Å². The molecule has 1 aliphatic rings. The lowest BCUT2D eigenvalue weighted by Gasteiger charge is -2.34. The summed E-state index contributed by atoms with van der Waals surface area (Å²) in [5.74, 6) is 0.595. The van der Waals surface area contributed by atoms with E-state index in [1.54, 1.807) is 15.9 Å². The zero-order valence-corrected chi connectivity index (χ0v) is 16.4. The molecular formula is C15H22BrN3O4S. The molecule has 1 heterocycles. The molecule has 0 radical (unpaired) electrons. The van der Waals surface area contributed by atoms with Crippen LogP contribution in [0.25, 0.3) is 0 Å². The molecule has 7 nitrogen and oxygen atoms in total. The van der Waals surface area contributed by atoms with Crippen molar-refractivity contribution in [2.75, 3.05) is 53.9 Å². The van der Waals surface area contributed by atoms with Crippen molar-refractivity contribution < 1.29 is 17.9 Å². The molecule has 0 saturated carbocycles. The van der Waals surface area contributed by atoms with Crippen LogP contribution >= 0.6 is 15.9 Å². The van der Waals surface area contributed by atoms with Gasteiger partial charge in [-0.05, 0) is 48.2 Å². The third-order valence-electron chi connectivity index (χ3n) is 3.80. The second kappa shape index (κ2) is 7.81. The Morgan fingerprint density at radius 3 is 2.38 bits per heavy atom. The van der Waals surface area contributed by atoms with Crippen LogP contribution < -0.4 is 4.74 Å². The lowest BCUT2D eigenvalue weighted by Crippen LogP contribution is -2.52. The van der Waals surface area contributed by atoms with Gasteiger partial charge in [0.2, 0.25) is 15.9 Å². The fourth-order valence-electron chi connectivity index (χ4n) is 2.51. The first kappa shape index (κ1) is 19.2. The highest BCUT2D eigenvalue weighted by atomic mass is 79.9. The van der Waals surface area contributed by atoms with Gasteiger partial charge in [0.25, 0.3) is 0 Å². The summed E-state index contributed by atoms with van der Waals surface area (Å²) >= 11 is 3.31. The van der Waals surface area contributed by atoms with Crippen molar-refractivity contribution in [2.24, 2.45) is 0 Å². The molecule has 0 atom stereocenters. The highest BCUT2D eigenvalue weighted by Crippen LogP contribution is 2.29. The van der Waals surface area contributed by atoms with E-state index in [9.17, 15) is 13.2 Å². The predicted octanol–water partition coefficient (Wildman–Crippen LogP) is 0.852. The van der Waals surface area contributed by atoms with Crippen LogP contribution in [0, 0.1) is 0 Å². The number of carbonyl (C=O) groups excluding carboxylic acids is 1. The second-order valence-electron chi connectivity index (χ2n) is 5.82. The fourth-order valence-corrected chi connectivity index (χ4v) is 4.65. The predicted molar refractivity (Wildman–Crippen MR) is 94.6 cm³/mol. The van der Waals surface area contributed by atoms with Gasteiger partial charge in [-0.25, -0.2) is 8.42 Å². The standard InChI is InChI=1S/C15H22BrN3O4S/c1-17(2)11-15(20)18-6-8-19(9-7-18)24(21,22)12-4-5-14(23-3)13(16)10-12/h4-5,10H,6-9,11H2,1-3H3. The van der Waals surface area contributed by atoms with E-state index in [0.29, 0.717) is 42.9 Å². The fraction of sp³-hybridized carbons (Fsp3) is 0.533. The Labute approximate surface area is 151 Å². The molecule has 0 bridgehead atoms. The van der Waals surface area contributed by atoms with Crippen LogP contribution in [0.3, 0.4) is 0 Å². The number of likely N-dealkylation sites (N-methyl/N-ethyl adjacent to an activating group) is 1. The summed E-state index contributed by atoms with van der Waals surface area (Å²) in [5.41, 5.74) is 0. The maximum Gasteiger partial charge on any atom is 0.243 e. The number of benzene rings is 1. The first-order valence-electron chi connectivity index (χ1n) is 7.52. The number of carbonyl (C=O) groups is 1. The summed E-state index contributed by atoms with van der Waals surface area (Å²) in [6, 6.07) is 4.69. The van der Waals surface area contributed by atoms with Gasteiger partial charge >= 0.3 is 0 Å². The maximum absolute atomic E-state index is 12.7. The number of sulfonamides is 1. The molecule has 0 N–H and O–H groups in total. The van der Waals surface area contributed by atoms with E-state index in [-0.39, 0.29) is 10.8 Å². The third kappa shape index (κ3) is 4.27. The highest BCUT2D eigenvalue weighted by Gasteiger charge is 2.30. The Morgan fingerprint density at radius 1 is 1.25 bits per heavy atom. The molecule has 1 aliphatic heterocycles. The Hall–Kier alpha value is -1.16. The monoisotopic (exact) mass is 419 g/mol. The number of methoxy groups -OCH3 is 1. The number of hydrogen-bond acceptors (Lipinski definition) is 5. The minimum absolute atomic E-state index is 0.0178. The van der Waals surface area contributed by atoms with Crippen molar-refractivity contribution in [3.05, 3.63) is 22.7 Å². The molecule has 1 saturated heterocycles. The lowest BCUT2D eigenvalue weighted by molar-refractivity contribution is -0.133. The largest absolute Gasteiger partial charge is 0.496 e. The van der Waals surface area contributed by atoms with E-state index in [1.807, 2.05) is 14.1 Å². The quantitative estimate of drug-likeness (QED) is 0.707. The summed E-state index contributed by atoms with van der Waals surface area (Å²) < 4.78 is 32.6. The van der Waals surface area contributed by atoms with Crippen molar-refractivity contribution in [2.45, 2.75) is 4.90 Å². The van der Waals surface area contributed by atoms with Crippen molar-refractivity contribution in [1.29, 1.82) is 0 Å². The van der Waals surface area contributed by atoms with Crippen LogP contribution in [0.15, 0.2) is 27.6 Å². The maximum atomic E-state index is 12.7. The van der Waals surface area contributed by atoms with Crippen molar-refractivity contribution in [3.63, 3.8) is 0 Å². The van der Waals surface area contributed by atoms with E-state index in [0.717, 1.165) is 0 Å². The van der Waals surface area contributed by atoms with Gasteiger partial charge in [-0.2, -0.15) is 4.31 Å². The Kier molecular flexibility index (Phi) is 6.24. The number of halogens is 1. The summed E-state index contributed by atoms with van der Waals surface area (Å²) in [6.45, 7) is 1.74. The Morgan fingerprint density at radius 2 is 1.88 bits per heavy atom. The topological polar surface area (TPSA) is 70.2 Å². The van der Waals surface area contributed by atoms with Crippen LogP contribution in [0.2, 0.25) is 0 Å². The van der Waals surface area contributed by atoms with E-state index in [1.165, 1.54) is 23.5 Å². The summed E-state index contributed by atoms with van der Waals surface area (Å²) in [4.78, 5) is 15.8. The molecule has 134 valence electrons. The van der Waals surface area contributed by atoms with Crippen LogP contribution in [-0.4, -0.2) is 82.4 Å². The first-order valence-corrected chi connectivity index (χ1v) is 9.75. The molecule has 0 unspecified atom stereocenters. The van der Waals surface area contributed by atoms with E-state index in [2.05, 4.69) is 15.9 Å². The third-order valence-corrected chi connectivity index (χ3v) is 6.32. The lowest BCUT2D eigenvalue weighted by atomic mass is 10.3. The minimum atomic E-state index is -3.58. The number of nitrogens with zero attached hydrogens (tertiary/aromatic N) is 3. The number of amides is 1. The molecular weight excluding hydrogens is 398 g/mol. The summed E-state index contributed by atoms with van der Waals surface area (Å²) in [6.07, 6.45) is 0. The molecule has 0 aliphatic carbocycles. The van der Waals surface area contributed by atoms with Crippen molar-refractivity contribution in [1.82, 2.24) is 14.1 Å². The van der Waals surface area contributed by atoms with Crippen LogP contribution in [0.1, 0.15) is 0 Å². The zero-order chi connectivity index (χ0) is 17.9. The molecule has 0 spiro atoms. The number of ether oxygens (including phenoxy) is 1. The summed E-state index contributed by atoms with van der Waals surface area (Å²) in [5, 5.41) is 0. The smallest absolute Gasteiger partial charge is 0.243 e. The molecule has 1 amide bonds. The van der Waals surface area contributed by atoms with Gasteiger partial charge in [0.05, 0.1) is 23.0 Å². The molecule has 2 rings (SSSR count). The number of rotatable bonds is 5. The normalized spacial score (nSPS) is 16.5. The minimum Gasteiger partial charge on any atom is -0.496 e. The Bertz CT molecular complexity index is 701. The van der Waals surface area contributed by atoms with Gasteiger partial charge in [-0.1, -0.05) is 0 Å². The Balaban J connectivity index is 2.07. The molecule has 1 aromatic rings. The highest BCUT2D eigenvalue weighted by molar-refractivity contribution is 9.10. The van der Waals surface area contributed by atoms with Crippen LogP contribution in [-0.2, 0) is 14.8 Å². The average Bonchev–Trinajstić information content (AvgIpc) is 2.54. The average molecular weight is 420 g/mol. The second-order valence-corrected chi connectivity index (χ2v) is 8.61. The van der Waals surface area contributed by atoms with Crippen LogP contribution in [0.5, 0.6) is 5.75 Å². The molecule has 0 aromatic heterocycles. The van der Waals surface area contributed by atoms with Gasteiger partial charge in [0.1, 0.15) is 5.75 Å². The van der Waals surface area contributed by atoms with Gasteiger partial charge in [-0.3, -0.25) is 4.79 Å². The van der Waals surface area contributed by atoms with E-state index >= 15 is 0 Å². The number of piperazine rings is 1. The molecule has 1 aromatic carbocycles. The summed E-state index contributed by atoms with van der Waals surface area (Å²) in [7, 11) is 1.61. The van der Waals surface area contributed by atoms with Gasteiger partial charge in [0, 0.05) is 26.2 Å². The zero-order valence-electron chi connectivity index (χ0n) is 14.0. The van der Waals surface area contributed by atoms with Crippen molar-refractivity contribution >= 4 is 31.9 Å². The van der Waals surface area contributed by atoms with Gasteiger partial charge in [-0.15, -0.1) is 0 Å². The van der Waals surface area contributed by atoms with Crippen LogP contribution in [0.4, 0.5) is 0 Å². The SMILES string of the molecule is COc1ccc(S(=O)(=O)N2CCN(C(=O)CN(C)C)CC2)cc1Br. The van der Waals surface area contributed by atoms with E-state index in [4.69, 9.17) is 4.74 Å².